The van der Waals surface area contributed by atoms with Crippen molar-refractivity contribution >= 4 is 23.6 Å². The number of rotatable bonds is 7. The van der Waals surface area contributed by atoms with Gasteiger partial charge in [0.2, 0.25) is 5.91 Å². The number of amides is 1. The molecule has 0 unspecified atom stereocenters. The summed E-state index contributed by atoms with van der Waals surface area (Å²) in [4.78, 5) is 26.6. The maximum atomic E-state index is 12.5. The number of benzene rings is 1. The average molecular weight is 443 g/mol. The smallest absolute Gasteiger partial charge is 0.353 e. The number of nitrogens with zero attached hydrogens (tertiary/aromatic N) is 2. The predicted molar refractivity (Wildman–Crippen MR) is 115 cm³/mol. The van der Waals surface area contributed by atoms with E-state index in [1.807, 2.05) is 25.2 Å². The summed E-state index contributed by atoms with van der Waals surface area (Å²) in [7, 11) is 0. The summed E-state index contributed by atoms with van der Waals surface area (Å²) in [5.41, 5.74) is 2.28. The summed E-state index contributed by atoms with van der Waals surface area (Å²) >= 11 is 1.55. The molecule has 0 spiro atoms. The predicted octanol–water partition coefficient (Wildman–Crippen LogP) is 1.55. The average Bonchev–Trinajstić information content (AvgIpc) is 3.29. The number of aliphatic hydroxyl groups is 1. The fourth-order valence-electron chi connectivity index (χ4n) is 4.91. The van der Waals surface area contributed by atoms with Gasteiger partial charge in [-0.1, -0.05) is 31.2 Å². The molecular weight excluding hydrogens is 416 g/mol. The monoisotopic (exact) mass is 442 g/mol. The number of β-lactam (4-membered cyclic amide) rings is 1. The summed E-state index contributed by atoms with van der Waals surface area (Å²) in [6.07, 6.45) is 1.97. The summed E-state index contributed by atoms with van der Waals surface area (Å²) in [5.74, 6) is -2.03. The number of nitrogens with one attached hydrogen (secondary N) is 2. The van der Waals surface area contributed by atoms with Crippen LogP contribution in [0.5, 0.6) is 0 Å². The molecule has 0 bridgehead atoms. The van der Waals surface area contributed by atoms with Gasteiger partial charge in [-0.2, -0.15) is 5.26 Å². The summed E-state index contributed by atoms with van der Waals surface area (Å²) in [6, 6.07) is 8.00. The Morgan fingerprint density at radius 1 is 1.42 bits per heavy atom. The summed E-state index contributed by atoms with van der Waals surface area (Å²) < 4.78 is 0. The first-order chi connectivity index (χ1) is 14.8. The van der Waals surface area contributed by atoms with Crippen molar-refractivity contribution in [3.05, 3.63) is 46.0 Å². The van der Waals surface area contributed by atoms with Crippen LogP contribution in [-0.2, 0) is 16.1 Å². The van der Waals surface area contributed by atoms with Gasteiger partial charge in [0.25, 0.3) is 0 Å². The number of carboxylic acids is 1. The number of carbonyl (C=O) groups is 2. The maximum Gasteiger partial charge on any atom is 0.353 e. The number of aliphatic carboxylic acids is 1. The molecule has 1 amide bonds. The normalized spacial score (nSPS) is 30.6. The van der Waals surface area contributed by atoms with E-state index in [0.717, 1.165) is 29.0 Å². The molecule has 2 saturated heterocycles. The van der Waals surface area contributed by atoms with Gasteiger partial charge in [-0.3, -0.25) is 4.79 Å². The molecule has 2 fully saturated rings. The van der Waals surface area contributed by atoms with Crippen molar-refractivity contribution in [3.8, 4) is 6.19 Å². The van der Waals surface area contributed by atoms with Crippen LogP contribution in [0.15, 0.2) is 34.9 Å². The third kappa shape index (κ3) is 3.80. The minimum absolute atomic E-state index is 0.0854. The van der Waals surface area contributed by atoms with E-state index in [1.165, 1.54) is 4.90 Å². The van der Waals surface area contributed by atoms with Crippen LogP contribution in [0.3, 0.4) is 0 Å². The second-order valence-corrected chi connectivity index (χ2v) is 9.76. The van der Waals surface area contributed by atoms with E-state index < -0.39 is 18.0 Å². The number of aliphatic hydroxyl groups excluding tert-OH is 1. The lowest BCUT2D eigenvalue weighted by atomic mass is 9.79. The van der Waals surface area contributed by atoms with E-state index in [-0.39, 0.29) is 34.9 Å². The Balaban J connectivity index is 1.45. The molecule has 3 aliphatic heterocycles. The van der Waals surface area contributed by atoms with Crippen molar-refractivity contribution in [2.24, 2.45) is 11.8 Å². The van der Waals surface area contributed by atoms with E-state index in [9.17, 15) is 19.8 Å². The molecular formula is C22H26N4O4S. The van der Waals surface area contributed by atoms with Gasteiger partial charge in [0, 0.05) is 35.2 Å². The second kappa shape index (κ2) is 8.54. The Labute approximate surface area is 185 Å². The first-order valence-corrected chi connectivity index (χ1v) is 11.3. The van der Waals surface area contributed by atoms with Gasteiger partial charge in [0.15, 0.2) is 6.19 Å². The fourth-order valence-corrected chi connectivity index (χ4v) is 6.39. The number of thioether (sulfide) groups is 1. The second-order valence-electron chi connectivity index (χ2n) is 8.42. The quantitative estimate of drug-likeness (QED) is 0.285. The van der Waals surface area contributed by atoms with Crippen LogP contribution < -0.4 is 10.6 Å². The highest BCUT2D eigenvalue weighted by molar-refractivity contribution is 8.03. The van der Waals surface area contributed by atoms with E-state index in [0.29, 0.717) is 6.54 Å². The summed E-state index contributed by atoms with van der Waals surface area (Å²) in [5, 5.41) is 34.7. The zero-order valence-electron chi connectivity index (χ0n) is 17.4. The third-order valence-electron chi connectivity index (χ3n) is 6.45. The SMILES string of the molecule is C[C@@H](O)[C@H]1C(=O)N2C(C(=O)O)=C(S[C@@H]3CN[C@@H](c4ccc(CNC#N)cc4)C3)[C@H](C)[C@H]12. The zero-order chi connectivity index (χ0) is 22.3. The zero-order valence-corrected chi connectivity index (χ0v) is 18.2. The maximum absolute atomic E-state index is 12.5. The molecule has 0 aromatic heterocycles. The highest BCUT2D eigenvalue weighted by atomic mass is 32.2. The van der Waals surface area contributed by atoms with Gasteiger partial charge in [-0.15, -0.1) is 11.8 Å². The van der Waals surface area contributed by atoms with Crippen molar-refractivity contribution in [3.63, 3.8) is 0 Å². The lowest BCUT2D eigenvalue weighted by Gasteiger charge is -2.46. The molecule has 164 valence electrons. The number of carboxylic acid groups (broad SMARTS) is 1. The molecule has 0 radical (unpaired) electrons. The number of hydrogen-bond donors (Lipinski definition) is 4. The molecule has 9 heteroatoms. The van der Waals surface area contributed by atoms with Crippen molar-refractivity contribution in [2.45, 2.75) is 50.3 Å². The fraction of sp³-hybridized carbons (Fsp3) is 0.500. The van der Waals surface area contributed by atoms with E-state index in [4.69, 9.17) is 5.26 Å². The summed E-state index contributed by atoms with van der Waals surface area (Å²) in [6.45, 7) is 4.78. The van der Waals surface area contributed by atoms with Gasteiger partial charge >= 0.3 is 5.97 Å². The van der Waals surface area contributed by atoms with Crippen LogP contribution in [-0.4, -0.2) is 50.9 Å². The van der Waals surface area contributed by atoms with E-state index in [1.54, 1.807) is 18.7 Å². The minimum Gasteiger partial charge on any atom is -0.477 e. The van der Waals surface area contributed by atoms with Crippen molar-refractivity contribution in [1.82, 2.24) is 15.5 Å². The lowest BCUT2D eigenvalue weighted by Crippen LogP contribution is -2.63. The van der Waals surface area contributed by atoms with Crippen molar-refractivity contribution in [1.29, 1.82) is 5.26 Å². The Morgan fingerprint density at radius 3 is 2.74 bits per heavy atom. The molecule has 0 saturated carbocycles. The largest absolute Gasteiger partial charge is 0.477 e. The highest BCUT2D eigenvalue weighted by Gasteiger charge is 2.60. The molecule has 1 aromatic rings. The van der Waals surface area contributed by atoms with Crippen LogP contribution in [0.2, 0.25) is 0 Å². The molecule has 6 atom stereocenters. The van der Waals surface area contributed by atoms with Crippen LogP contribution in [0.25, 0.3) is 0 Å². The topological polar surface area (TPSA) is 126 Å². The van der Waals surface area contributed by atoms with Gasteiger partial charge in [-0.25, -0.2) is 4.79 Å². The van der Waals surface area contributed by atoms with Gasteiger partial charge in [0.1, 0.15) is 5.70 Å². The van der Waals surface area contributed by atoms with E-state index in [2.05, 4.69) is 22.8 Å². The molecule has 8 nitrogen and oxygen atoms in total. The Morgan fingerprint density at radius 2 is 2.13 bits per heavy atom. The van der Waals surface area contributed by atoms with Crippen molar-refractivity contribution in [2.75, 3.05) is 6.54 Å². The molecule has 0 aliphatic carbocycles. The standard InChI is InChI=1S/C22H26N4O4S/c1-11-18-17(12(2)27)21(28)26(18)19(22(29)30)20(11)31-15-7-16(25-9-15)14-5-3-13(4-6-14)8-24-10-23/h3-6,11-12,15-18,24-25,27H,7-9H2,1-2H3,(H,29,30)/t11-,12-,15+,16-,17-,18-/m1/s1. The first-order valence-electron chi connectivity index (χ1n) is 10.4. The third-order valence-corrected chi connectivity index (χ3v) is 7.96. The minimum atomic E-state index is -1.08. The molecule has 3 heterocycles. The Hall–Kier alpha value is -2.54. The number of hydrogen-bond acceptors (Lipinski definition) is 7. The molecule has 1 aromatic carbocycles. The number of carbonyl (C=O) groups excluding carboxylic acids is 1. The molecule has 4 rings (SSSR count). The lowest BCUT2D eigenvalue weighted by molar-refractivity contribution is -0.163. The van der Waals surface area contributed by atoms with Gasteiger partial charge in [-0.05, 0) is 24.5 Å². The van der Waals surface area contributed by atoms with Crippen LogP contribution >= 0.6 is 11.8 Å². The molecule has 31 heavy (non-hydrogen) atoms. The van der Waals surface area contributed by atoms with Crippen LogP contribution in [0.4, 0.5) is 0 Å². The first kappa shape index (κ1) is 21.7. The number of nitriles is 1. The highest BCUT2D eigenvalue weighted by Crippen LogP contribution is 2.52. The van der Waals surface area contributed by atoms with Gasteiger partial charge < -0.3 is 25.7 Å². The molecule has 3 aliphatic rings. The van der Waals surface area contributed by atoms with E-state index >= 15 is 0 Å². The Kier molecular flexibility index (Phi) is 5.97. The van der Waals surface area contributed by atoms with Crippen molar-refractivity contribution < 1.29 is 19.8 Å². The Bertz CT molecular complexity index is 955. The van der Waals surface area contributed by atoms with Crippen LogP contribution in [0.1, 0.15) is 37.4 Å². The molecule has 4 N–H and O–H groups in total. The van der Waals surface area contributed by atoms with Crippen LogP contribution in [0, 0.1) is 23.3 Å². The number of fused-ring (bicyclic) bond motifs is 1. The van der Waals surface area contributed by atoms with Gasteiger partial charge in [0.05, 0.1) is 18.1 Å².